The largest absolute Gasteiger partial charge is 0.336 e. The number of hydrogen-bond acceptors (Lipinski definition) is 4. The van der Waals surface area contributed by atoms with Crippen LogP contribution in [0, 0.1) is 0 Å². The fourth-order valence-corrected chi connectivity index (χ4v) is 2.49. The lowest BCUT2D eigenvalue weighted by atomic mass is 10.2. The molecule has 0 bridgehead atoms. The second kappa shape index (κ2) is 3.95. The molecule has 0 amide bonds. The zero-order chi connectivity index (χ0) is 12.7. The first kappa shape index (κ1) is 11.0. The van der Waals surface area contributed by atoms with Gasteiger partial charge in [0, 0.05) is 13.5 Å². The maximum atomic E-state index is 11.6. The SMILES string of the molecule is Cn1c(=O)[nH]c(=O)c2[nH]c(Cc3ccsc3)nc21. The highest BCUT2D eigenvalue weighted by atomic mass is 32.1. The van der Waals surface area contributed by atoms with Crippen molar-refractivity contribution in [1.29, 1.82) is 0 Å². The number of aromatic amines is 2. The van der Waals surface area contributed by atoms with Gasteiger partial charge in [-0.05, 0) is 22.4 Å². The number of nitrogens with zero attached hydrogens (tertiary/aromatic N) is 2. The molecule has 0 unspecified atom stereocenters. The summed E-state index contributed by atoms with van der Waals surface area (Å²) < 4.78 is 1.32. The van der Waals surface area contributed by atoms with Crippen LogP contribution in [0.25, 0.3) is 11.2 Å². The first-order valence-electron chi connectivity index (χ1n) is 5.34. The molecular formula is C11H10N4O2S. The Morgan fingerprint density at radius 1 is 1.39 bits per heavy atom. The third-order valence-corrected chi connectivity index (χ3v) is 3.49. The lowest BCUT2D eigenvalue weighted by Gasteiger charge is -1.94. The highest BCUT2D eigenvalue weighted by Gasteiger charge is 2.10. The molecule has 0 aliphatic heterocycles. The van der Waals surface area contributed by atoms with E-state index in [1.165, 1.54) is 4.57 Å². The van der Waals surface area contributed by atoms with E-state index >= 15 is 0 Å². The third-order valence-electron chi connectivity index (χ3n) is 2.76. The summed E-state index contributed by atoms with van der Waals surface area (Å²) in [5.41, 5.74) is 0.954. The Balaban J connectivity index is 2.17. The molecule has 0 aromatic carbocycles. The Bertz CT molecular complexity index is 810. The lowest BCUT2D eigenvalue weighted by Crippen LogP contribution is -2.28. The van der Waals surface area contributed by atoms with Crippen LogP contribution in [0.1, 0.15) is 11.4 Å². The van der Waals surface area contributed by atoms with E-state index < -0.39 is 11.2 Å². The van der Waals surface area contributed by atoms with E-state index in [1.54, 1.807) is 18.4 Å². The van der Waals surface area contributed by atoms with Gasteiger partial charge in [-0.1, -0.05) is 0 Å². The minimum absolute atomic E-state index is 0.335. The molecule has 3 aromatic rings. The Kier molecular flexibility index (Phi) is 2.41. The number of fused-ring (bicyclic) bond motifs is 1. The van der Waals surface area contributed by atoms with Gasteiger partial charge in [-0.2, -0.15) is 11.3 Å². The summed E-state index contributed by atoms with van der Waals surface area (Å²) in [7, 11) is 1.58. The molecular weight excluding hydrogens is 252 g/mol. The van der Waals surface area contributed by atoms with Crippen LogP contribution < -0.4 is 11.2 Å². The fraction of sp³-hybridized carbons (Fsp3) is 0.182. The van der Waals surface area contributed by atoms with Crippen LogP contribution in [-0.4, -0.2) is 19.5 Å². The third kappa shape index (κ3) is 1.68. The summed E-state index contributed by atoms with van der Waals surface area (Å²) in [5.74, 6) is 0.676. The van der Waals surface area contributed by atoms with Crippen molar-refractivity contribution in [2.24, 2.45) is 7.05 Å². The van der Waals surface area contributed by atoms with Gasteiger partial charge in [0.25, 0.3) is 5.56 Å². The van der Waals surface area contributed by atoms with E-state index in [-0.39, 0.29) is 0 Å². The summed E-state index contributed by atoms with van der Waals surface area (Å²) in [4.78, 5) is 32.6. The molecule has 0 aliphatic carbocycles. The molecule has 7 heteroatoms. The van der Waals surface area contributed by atoms with Gasteiger partial charge >= 0.3 is 5.69 Å². The molecule has 3 aromatic heterocycles. The number of imidazole rings is 1. The van der Waals surface area contributed by atoms with Gasteiger partial charge < -0.3 is 4.98 Å². The first-order valence-corrected chi connectivity index (χ1v) is 6.28. The minimum atomic E-state index is -0.457. The van der Waals surface area contributed by atoms with Crippen LogP contribution in [0.3, 0.4) is 0 Å². The summed E-state index contributed by atoms with van der Waals surface area (Å²) in [5, 5.41) is 4.01. The van der Waals surface area contributed by atoms with Crippen LogP contribution in [-0.2, 0) is 13.5 Å². The van der Waals surface area contributed by atoms with Crippen molar-refractivity contribution >= 4 is 22.5 Å². The number of hydrogen-bond donors (Lipinski definition) is 2. The quantitative estimate of drug-likeness (QED) is 0.709. The van der Waals surface area contributed by atoms with E-state index in [0.29, 0.717) is 23.4 Å². The van der Waals surface area contributed by atoms with Gasteiger partial charge in [0.1, 0.15) is 11.3 Å². The van der Waals surface area contributed by atoms with Crippen molar-refractivity contribution in [3.8, 4) is 0 Å². The Hall–Kier alpha value is -2.15. The van der Waals surface area contributed by atoms with Crippen LogP contribution in [0.15, 0.2) is 26.4 Å². The molecule has 0 saturated carbocycles. The lowest BCUT2D eigenvalue weighted by molar-refractivity contribution is 0.830. The number of nitrogens with one attached hydrogen (secondary N) is 2. The molecule has 0 atom stereocenters. The summed E-state index contributed by atoms with van der Waals surface area (Å²) in [6, 6.07) is 2.00. The molecule has 0 saturated heterocycles. The van der Waals surface area contributed by atoms with Crippen molar-refractivity contribution in [2.75, 3.05) is 0 Å². The van der Waals surface area contributed by atoms with Crippen molar-refractivity contribution < 1.29 is 0 Å². The first-order chi connectivity index (χ1) is 8.65. The minimum Gasteiger partial charge on any atom is -0.336 e. The Labute approximate surface area is 105 Å². The summed E-state index contributed by atoms with van der Waals surface area (Å²) >= 11 is 1.61. The topological polar surface area (TPSA) is 83.5 Å². The molecule has 3 rings (SSSR count). The van der Waals surface area contributed by atoms with Gasteiger partial charge in [0.2, 0.25) is 0 Å². The van der Waals surface area contributed by atoms with E-state index in [0.717, 1.165) is 5.56 Å². The predicted molar refractivity (Wildman–Crippen MR) is 69.1 cm³/mol. The van der Waals surface area contributed by atoms with Crippen LogP contribution in [0.2, 0.25) is 0 Å². The van der Waals surface area contributed by atoms with Crippen molar-refractivity contribution in [3.05, 3.63) is 49.1 Å². The number of aryl methyl sites for hydroxylation is 1. The Morgan fingerprint density at radius 3 is 2.94 bits per heavy atom. The highest BCUT2D eigenvalue weighted by Crippen LogP contribution is 2.12. The number of rotatable bonds is 2. The number of H-pyrrole nitrogens is 2. The molecule has 0 fully saturated rings. The average Bonchev–Trinajstić information content (AvgIpc) is 2.96. The normalized spacial score (nSPS) is 11.2. The van der Waals surface area contributed by atoms with Crippen LogP contribution in [0.4, 0.5) is 0 Å². The van der Waals surface area contributed by atoms with Crippen molar-refractivity contribution in [3.63, 3.8) is 0 Å². The standard InChI is InChI=1S/C11H10N4O2S/c1-15-9-8(10(16)14-11(15)17)12-7(13-9)4-6-2-3-18-5-6/h2-3,5H,4H2,1H3,(H,12,13)(H,14,16,17). The zero-order valence-electron chi connectivity index (χ0n) is 9.56. The Morgan fingerprint density at radius 2 is 2.22 bits per heavy atom. The molecule has 18 heavy (non-hydrogen) atoms. The number of aromatic nitrogens is 4. The monoisotopic (exact) mass is 262 g/mol. The molecule has 0 radical (unpaired) electrons. The molecule has 0 aliphatic rings. The van der Waals surface area contributed by atoms with Crippen molar-refractivity contribution in [1.82, 2.24) is 19.5 Å². The van der Waals surface area contributed by atoms with E-state index in [4.69, 9.17) is 0 Å². The molecule has 6 nitrogen and oxygen atoms in total. The molecule has 3 heterocycles. The van der Waals surface area contributed by atoms with E-state index in [9.17, 15) is 9.59 Å². The predicted octanol–water partition coefficient (Wildman–Crippen LogP) is 0.602. The van der Waals surface area contributed by atoms with E-state index in [2.05, 4.69) is 15.0 Å². The maximum Gasteiger partial charge on any atom is 0.329 e. The van der Waals surface area contributed by atoms with Crippen LogP contribution in [0.5, 0.6) is 0 Å². The van der Waals surface area contributed by atoms with Gasteiger partial charge in [-0.3, -0.25) is 14.3 Å². The fourth-order valence-electron chi connectivity index (χ4n) is 1.82. The molecule has 2 N–H and O–H groups in total. The smallest absolute Gasteiger partial charge is 0.329 e. The number of thiophene rings is 1. The van der Waals surface area contributed by atoms with Gasteiger partial charge in [-0.15, -0.1) is 0 Å². The average molecular weight is 262 g/mol. The molecule has 0 spiro atoms. The van der Waals surface area contributed by atoms with Crippen LogP contribution >= 0.6 is 11.3 Å². The van der Waals surface area contributed by atoms with Gasteiger partial charge in [0.05, 0.1) is 0 Å². The summed E-state index contributed by atoms with van der Waals surface area (Å²) in [6.45, 7) is 0. The second-order valence-electron chi connectivity index (χ2n) is 4.01. The second-order valence-corrected chi connectivity index (χ2v) is 4.79. The maximum absolute atomic E-state index is 11.6. The zero-order valence-corrected chi connectivity index (χ0v) is 10.4. The van der Waals surface area contributed by atoms with Gasteiger partial charge in [0.15, 0.2) is 5.65 Å². The summed E-state index contributed by atoms with van der Waals surface area (Å²) in [6.07, 6.45) is 0.617. The van der Waals surface area contributed by atoms with E-state index in [1.807, 2.05) is 16.8 Å². The highest BCUT2D eigenvalue weighted by molar-refractivity contribution is 7.07. The van der Waals surface area contributed by atoms with Gasteiger partial charge in [-0.25, -0.2) is 9.78 Å². The molecule has 92 valence electrons. The van der Waals surface area contributed by atoms with Crippen molar-refractivity contribution in [2.45, 2.75) is 6.42 Å².